The average molecular weight is 239 g/mol. The molecule has 0 unspecified atom stereocenters. The molecule has 0 saturated heterocycles. The number of nitrogens with zero attached hydrogens (tertiary/aromatic N) is 1. The van der Waals surface area contributed by atoms with Gasteiger partial charge in [-0.25, -0.2) is 4.39 Å². The zero-order chi connectivity index (χ0) is 12.0. The molecule has 2 N–H and O–H groups in total. The van der Waals surface area contributed by atoms with Crippen LogP contribution in [0.15, 0.2) is 29.4 Å². The largest absolute Gasteiger partial charge is 0.359 e. The summed E-state index contributed by atoms with van der Waals surface area (Å²) >= 11 is 4.95. The first kappa shape index (κ1) is 12.6. The van der Waals surface area contributed by atoms with Gasteiger partial charge in [0, 0.05) is 11.6 Å². The third kappa shape index (κ3) is 4.35. The monoisotopic (exact) mass is 239 g/mol. The normalized spacial score (nSPS) is 10.8. The zero-order valence-corrected chi connectivity index (χ0v) is 10.0. The second-order valence-electron chi connectivity index (χ2n) is 3.52. The van der Waals surface area contributed by atoms with Crippen molar-refractivity contribution in [2.45, 2.75) is 19.9 Å². The first-order valence-electron chi connectivity index (χ1n) is 4.93. The van der Waals surface area contributed by atoms with Crippen LogP contribution in [0, 0.1) is 5.82 Å². The van der Waals surface area contributed by atoms with Crippen molar-refractivity contribution < 1.29 is 4.39 Å². The molecule has 0 aliphatic carbocycles. The number of nitrogens with one attached hydrogen (secondary N) is 2. The molecule has 0 saturated carbocycles. The molecule has 3 nitrogen and oxygen atoms in total. The summed E-state index contributed by atoms with van der Waals surface area (Å²) in [6.07, 6.45) is 1.39. The molecule has 86 valence electrons. The molecule has 0 radical (unpaired) electrons. The summed E-state index contributed by atoms with van der Waals surface area (Å²) in [5.41, 5.74) is 3.03. The van der Waals surface area contributed by atoms with E-state index in [1.54, 1.807) is 18.2 Å². The highest BCUT2D eigenvalue weighted by atomic mass is 32.1. The Morgan fingerprint density at radius 2 is 2.12 bits per heavy atom. The Hall–Kier alpha value is -1.49. The second-order valence-corrected chi connectivity index (χ2v) is 3.93. The minimum atomic E-state index is -0.309. The highest BCUT2D eigenvalue weighted by Gasteiger charge is 1.97. The van der Waals surface area contributed by atoms with E-state index in [-0.39, 0.29) is 11.9 Å². The van der Waals surface area contributed by atoms with Crippen LogP contribution in [-0.2, 0) is 0 Å². The molecule has 0 aromatic heterocycles. The first-order chi connectivity index (χ1) is 7.59. The molecule has 0 heterocycles. The van der Waals surface area contributed by atoms with Crippen molar-refractivity contribution in [3.8, 4) is 0 Å². The Kier molecular flexibility index (Phi) is 4.85. The van der Waals surface area contributed by atoms with Gasteiger partial charge in [-0.15, -0.1) is 0 Å². The van der Waals surface area contributed by atoms with Gasteiger partial charge in [-0.05, 0) is 32.1 Å². The fourth-order valence-corrected chi connectivity index (χ4v) is 1.32. The van der Waals surface area contributed by atoms with Crippen LogP contribution in [0.3, 0.4) is 0 Å². The SMILES string of the molecule is CC(C)NC(=S)N/N=C\c1ccccc1F. The van der Waals surface area contributed by atoms with Gasteiger partial charge in [0.15, 0.2) is 5.11 Å². The second kappa shape index (κ2) is 6.17. The van der Waals surface area contributed by atoms with Crippen molar-refractivity contribution in [1.82, 2.24) is 10.7 Å². The van der Waals surface area contributed by atoms with Crippen molar-refractivity contribution in [3.05, 3.63) is 35.6 Å². The summed E-state index contributed by atoms with van der Waals surface area (Å²) in [7, 11) is 0. The van der Waals surface area contributed by atoms with Crippen molar-refractivity contribution >= 4 is 23.5 Å². The maximum atomic E-state index is 13.2. The molecule has 5 heteroatoms. The Bertz CT molecular complexity index is 391. The number of hydrazone groups is 1. The Balaban J connectivity index is 2.49. The van der Waals surface area contributed by atoms with Crippen LogP contribution in [0.2, 0.25) is 0 Å². The molecule has 0 aliphatic heterocycles. The van der Waals surface area contributed by atoms with E-state index in [1.807, 2.05) is 13.8 Å². The third-order valence-corrected chi connectivity index (χ3v) is 1.90. The van der Waals surface area contributed by atoms with Crippen molar-refractivity contribution in [1.29, 1.82) is 0 Å². The molecule has 0 bridgehead atoms. The smallest absolute Gasteiger partial charge is 0.187 e. The Morgan fingerprint density at radius 1 is 1.44 bits per heavy atom. The van der Waals surface area contributed by atoms with Crippen molar-refractivity contribution in [2.24, 2.45) is 5.10 Å². The highest BCUT2D eigenvalue weighted by molar-refractivity contribution is 7.80. The molecule has 0 spiro atoms. The molecule has 0 amide bonds. The number of rotatable bonds is 3. The van der Waals surface area contributed by atoms with E-state index in [2.05, 4.69) is 15.8 Å². The summed E-state index contributed by atoms with van der Waals surface area (Å²) < 4.78 is 13.2. The van der Waals surface area contributed by atoms with Crippen LogP contribution in [0.5, 0.6) is 0 Å². The van der Waals surface area contributed by atoms with Crippen LogP contribution < -0.4 is 10.7 Å². The van der Waals surface area contributed by atoms with Gasteiger partial charge in [-0.2, -0.15) is 5.10 Å². The predicted octanol–water partition coefficient (Wildman–Crippen LogP) is 2.03. The minimum absolute atomic E-state index is 0.240. The van der Waals surface area contributed by atoms with Crippen molar-refractivity contribution in [2.75, 3.05) is 0 Å². The maximum absolute atomic E-state index is 13.2. The van der Waals surface area contributed by atoms with E-state index in [1.165, 1.54) is 12.3 Å². The van der Waals surface area contributed by atoms with E-state index in [0.29, 0.717) is 10.7 Å². The van der Waals surface area contributed by atoms with Crippen LogP contribution in [0.25, 0.3) is 0 Å². The van der Waals surface area contributed by atoms with Crippen molar-refractivity contribution in [3.63, 3.8) is 0 Å². The molecule has 1 aromatic carbocycles. The molecule has 0 atom stereocenters. The van der Waals surface area contributed by atoms with E-state index in [4.69, 9.17) is 12.2 Å². The van der Waals surface area contributed by atoms with E-state index in [9.17, 15) is 4.39 Å². The lowest BCUT2D eigenvalue weighted by Gasteiger charge is -2.09. The molecule has 0 fully saturated rings. The lowest BCUT2D eigenvalue weighted by molar-refractivity contribution is 0.625. The summed E-state index contributed by atoms with van der Waals surface area (Å²) in [5.74, 6) is -0.309. The first-order valence-corrected chi connectivity index (χ1v) is 5.34. The van der Waals surface area contributed by atoms with Gasteiger partial charge in [0.1, 0.15) is 5.82 Å². The summed E-state index contributed by atoms with van der Waals surface area (Å²) in [5, 5.41) is 7.21. The van der Waals surface area contributed by atoms with Crippen LogP contribution in [0.1, 0.15) is 19.4 Å². The summed E-state index contributed by atoms with van der Waals surface area (Å²) in [6.45, 7) is 3.93. The van der Waals surface area contributed by atoms with Gasteiger partial charge >= 0.3 is 0 Å². The van der Waals surface area contributed by atoms with E-state index in [0.717, 1.165) is 0 Å². The number of thiocarbonyl (C=S) groups is 1. The summed E-state index contributed by atoms with van der Waals surface area (Å²) in [4.78, 5) is 0. The summed E-state index contributed by atoms with van der Waals surface area (Å²) in [6, 6.07) is 6.63. The van der Waals surface area contributed by atoms with Gasteiger partial charge in [0.05, 0.1) is 6.21 Å². The van der Waals surface area contributed by atoms with E-state index >= 15 is 0 Å². The lowest BCUT2D eigenvalue weighted by atomic mass is 10.2. The topological polar surface area (TPSA) is 36.4 Å². The fraction of sp³-hybridized carbons (Fsp3) is 0.273. The molecule has 0 aliphatic rings. The average Bonchev–Trinajstić information content (AvgIpc) is 2.19. The lowest BCUT2D eigenvalue weighted by Crippen LogP contribution is -2.36. The van der Waals surface area contributed by atoms with Gasteiger partial charge in [-0.3, -0.25) is 5.43 Å². The van der Waals surface area contributed by atoms with Gasteiger partial charge in [0.2, 0.25) is 0 Å². The third-order valence-electron chi connectivity index (χ3n) is 1.69. The Morgan fingerprint density at radius 3 is 2.75 bits per heavy atom. The predicted molar refractivity (Wildman–Crippen MR) is 68.0 cm³/mol. The Labute approximate surface area is 99.7 Å². The number of benzene rings is 1. The van der Waals surface area contributed by atoms with E-state index < -0.39 is 0 Å². The number of hydrogen-bond acceptors (Lipinski definition) is 2. The van der Waals surface area contributed by atoms with Gasteiger partial charge in [0.25, 0.3) is 0 Å². The number of hydrogen-bond donors (Lipinski definition) is 2. The van der Waals surface area contributed by atoms with Gasteiger partial charge < -0.3 is 5.32 Å². The fourth-order valence-electron chi connectivity index (χ4n) is 1.03. The molecule has 1 aromatic rings. The molecular formula is C11H14FN3S. The standard InChI is InChI=1S/C11H14FN3S/c1-8(2)14-11(16)15-13-7-9-5-3-4-6-10(9)12/h3-8H,1-2H3,(H2,14,15,16)/b13-7-. The van der Waals surface area contributed by atoms with Crippen LogP contribution in [0.4, 0.5) is 4.39 Å². The van der Waals surface area contributed by atoms with Gasteiger partial charge in [-0.1, -0.05) is 18.2 Å². The maximum Gasteiger partial charge on any atom is 0.187 e. The molecule has 16 heavy (non-hydrogen) atoms. The quantitative estimate of drug-likeness (QED) is 0.481. The highest BCUT2D eigenvalue weighted by Crippen LogP contribution is 2.02. The van der Waals surface area contributed by atoms with Crippen LogP contribution in [-0.4, -0.2) is 17.4 Å². The molecule has 1 rings (SSSR count). The number of halogens is 1. The molecular weight excluding hydrogens is 225 g/mol. The van der Waals surface area contributed by atoms with Crippen LogP contribution >= 0.6 is 12.2 Å². The minimum Gasteiger partial charge on any atom is -0.359 e. The zero-order valence-electron chi connectivity index (χ0n) is 9.20.